The number of nitrogens with zero attached hydrogens (tertiary/aromatic N) is 2. The lowest BCUT2D eigenvalue weighted by atomic mass is 10.0. The maximum absolute atomic E-state index is 12.4. The average molecular weight is 396 g/mol. The molecule has 1 fully saturated rings. The van der Waals surface area contributed by atoms with Crippen molar-refractivity contribution in [1.29, 1.82) is 0 Å². The van der Waals surface area contributed by atoms with E-state index < -0.39 is 0 Å². The number of rotatable bonds is 7. The third-order valence-electron chi connectivity index (χ3n) is 4.68. The van der Waals surface area contributed by atoms with Crippen molar-refractivity contribution in [2.24, 2.45) is 0 Å². The monoisotopic (exact) mass is 396 g/mol. The standard InChI is InChI=1S/C22H24N2O5/c1-23(15-20(25)24-11-13-28-14-12-24)21(26)16-29-19-9-7-18(8-10-19)22(27)17-5-3-2-4-6-17/h2-10H,11-16H2,1H3. The second-order valence-corrected chi connectivity index (χ2v) is 6.75. The van der Waals surface area contributed by atoms with E-state index in [2.05, 4.69) is 0 Å². The third-order valence-corrected chi connectivity index (χ3v) is 4.68. The lowest BCUT2D eigenvalue weighted by Crippen LogP contribution is -2.46. The highest BCUT2D eigenvalue weighted by molar-refractivity contribution is 6.09. The number of amides is 2. The fraction of sp³-hybridized carbons (Fsp3) is 0.318. The quantitative estimate of drug-likeness (QED) is 0.665. The topological polar surface area (TPSA) is 76.2 Å². The minimum atomic E-state index is -0.295. The SMILES string of the molecule is CN(CC(=O)N1CCOCC1)C(=O)COc1ccc(C(=O)c2ccccc2)cc1. The Labute approximate surface area is 169 Å². The number of ketones is 1. The van der Waals surface area contributed by atoms with Crippen LogP contribution in [0.25, 0.3) is 0 Å². The highest BCUT2D eigenvalue weighted by Gasteiger charge is 2.20. The van der Waals surface area contributed by atoms with Gasteiger partial charge in [-0.05, 0) is 24.3 Å². The predicted octanol–water partition coefficient (Wildman–Crippen LogP) is 1.61. The molecule has 0 atom stereocenters. The summed E-state index contributed by atoms with van der Waals surface area (Å²) < 4.78 is 10.7. The molecule has 0 radical (unpaired) electrons. The van der Waals surface area contributed by atoms with Crippen LogP contribution in [0.3, 0.4) is 0 Å². The Bertz CT molecular complexity index is 845. The van der Waals surface area contributed by atoms with E-state index in [9.17, 15) is 14.4 Å². The van der Waals surface area contributed by atoms with E-state index in [4.69, 9.17) is 9.47 Å². The van der Waals surface area contributed by atoms with Crippen molar-refractivity contribution in [3.05, 3.63) is 65.7 Å². The van der Waals surface area contributed by atoms with E-state index >= 15 is 0 Å². The van der Waals surface area contributed by atoms with Gasteiger partial charge in [-0.25, -0.2) is 0 Å². The predicted molar refractivity (Wildman–Crippen MR) is 107 cm³/mol. The maximum atomic E-state index is 12.4. The van der Waals surface area contributed by atoms with Gasteiger partial charge in [0.1, 0.15) is 5.75 Å². The van der Waals surface area contributed by atoms with Crippen LogP contribution in [0.2, 0.25) is 0 Å². The molecular formula is C22H24N2O5. The second-order valence-electron chi connectivity index (χ2n) is 6.75. The summed E-state index contributed by atoms with van der Waals surface area (Å²) in [6, 6.07) is 15.7. The molecule has 7 nitrogen and oxygen atoms in total. The average Bonchev–Trinajstić information content (AvgIpc) is 2.78. The van der Waals surface area contributed by atoms with Gasteiger partial charge in [-0.2, -0.15) is 0 Å². The van der Waals surface area contributed by atoms with Crippen LogP contribution in [-0.4, -0.2) is 73.9 Å². The minimum absolute atomic E-state index is 0.00666. The van der Waals surface area contributed by atoms with Gasteiger partial charge in [-0.1, -0.05) is 30.3 Å². The Morgan fingerprint density at radius 1 is 0.966 bits per heavy atom. The van der Waals surface area contributed by atoms with Crippen LogP contribution in [0.1, 0.15) is 15.9 Å². The number of carbonyl (C=O) groups excluding carboxylic acids is 3. The number of likely N-dealkylation sites (N-methyl/N-ethyl adjacent to an activating group) is 1. The van der Waals surface area contributed by atoms with E-state index in [0.717, 1.165) is 0 Å². The normalized spacial score (nSPS) is 13.6. The molecule has 0 unspecified atom stereocenters. The van der Waals surface area contributed by atoms with Crippen molar-refractivity contribution in [2.45, 2.75) is 0 Å². The highest BCUT2D eigenvalue weighted by atomic mass is 16.5. The second kappa shape index (κ2) is 9.84. The number of hydrogen-bond donors (Lipinski definition) is 0. The number of hydrogen-bond acceptors (Lipinski definition) is 5. The van der Waals surface area contributed by atoms with Crippen molar-refractivity contribution >= 4 is 17.6 Å². The van der Waals surface area contributed by atoms with Crippen LogP contribution in [-0.2, 0) is 14.3 Å². The molecule has 2 amide bonds. The molecule has 2 aromatic carbocycles. The molecule has 2 aromatic rings. The van der Waals surface area contributed by atoms with Crippen molar-refractivity contribution in [1.82, 2.24) is 9.80 Å². The van der Waals surface area contributed by atoms with Gasteiger partial charge in [0, 0.05) is 31.3 Å². The van der Waals surface area contributed by atoms with Crippen LogP contribution < -0.4 is 4.74 Å². The number of ether oxygens (including phenoxy) is 2. The Morgan fingerprint density at radius 3 is 2.24 bits per heavy atom. The molecule has 0 N–H and O–H groups in total. The fourth-order valence-electron chi connectivity index (χ4n) is 2.92. The smallest absolute Gasteiger partial charge is 0.260 e. The minimum Gasteiger partial charge on any atom is -0.484 e. The molecule has 0 bridgehead atoms. The zero-order valence-electron chi connectivity index (χ0n) is 16.4. The zero-order chi connectivity index (χ0) is 20.6. The van der Waals surface area contributed by atoms with E-state index in [1.165, 1.54) is 4.90 Å². The molecular weight excluding hydrogens is 372 g/mol. The Hall–Kier alpha value is -3.19. The van der Waals surface area contributed by atoms with E-state index in [1.54, 1.807) is 48.3 Å². The summed E-state index contributed by atoms with van der Waals surface area (Å²) in [5, 5.41) is 0. The number of carbonyl (C=O) groups is 3. The van der Waals surface area contributed by atoms with Crippen LogP contribution in [0.4, 0.5) is 0 Å². The summed E-state index contributed by atoms with van der Waals surface area (Å²) in [7, 11) is 1.58. The fourth-order valence-corrected chi connectivity index (χ4v) is 2.92. The summed E-state index contributed by atoms with van der Waals surface area (Å²) in [5.74, 6) is 0.00873. The molecule has 0 saturated carbocycles. The van der Waals surface area contributed by atoms with E-state index in [0.29, 0.717) is 43.2 Å². The van der Waals surface area contributed by atoms with Gasteiger partial charge in [0.25, 0.3) is 5.91 Å². The summed E-state index contributed by atoms with van der Waals surface area (Å²) in [6.45, 7) is 1.97. The molecule has 1 heterocycles. The Morgan fingerprint density at radius 2 is 1.59 bits per heavy atom. The van der Waals surface area contributed by atoms with Gasteiger partial charge < -0.3 is 19.3 Å². The summed E-state index contributed by atoms with van der Waals surface area (Å²) in [4.78, 5) is 39.9. The van der Waals surface area contributed by atoms with Crippen LogP contribution >= 0.6 is 0 Å². The maximum Gasteiger partial charge on any atom is 0.260 e. The third kappa shape index (κ3) is 5.65. The Balaban J connectivity index is 1.48. The van der Waals surface area contributed by atoms with Crippen molar-refractivity contribution in [2.75, 3.05) is 46.5 Å². The van der Waals surface area contributed by atoms with E-state index in [-0.39, 0.29) is 30.7 Å². The van der Waals surface area contributed by atoms with Crippen LogP contribution in [0, 0.1) is 0 Å². The molecule has 152 valence electrons. The van der Waals surface area contributed by atoms with Gasteiger partial charge >= 0.3 is 0 Å². The molecule has 1 aliphatic heterocycles. The van der Waals surface area contributed by atoms with Crippen molar-refractivity contribution in [3.63, 3.8) is 0 Å². The molecule has 0 spiro atoms. The van der Waals surface area contributed by atoms with Gasteiger partial charge in [-0.15, -0.1) is 0 Å². The first-order valence-electron chi connectivity index (χ1n) is 9.46. The molecule has 0 aliphatic carbocycles. The molecule has 29 heavy (non-hydrogen) atoms. The Kier molecular flexibility index (Phi) is 6.97. The van der Waals surface area contributed by atoms with Crippen LogP contribution in [0.5, 0.6) is 5.75 Å². The highest BCUT2D eigenvalue weighted by Crippen LogP contribution is 2.15. The van der Waals surface area contributed by atoms with Gasteiger partial charge in [0.2, 0.25) is 5.91 Å². The summed E-state index contributed by atoms with van der Waals surface area (Å²) in [6.07, 6.45) is 0. The summed E-state index contributed by atoms with van der Waals surface area (Å²) in [5.41, 5.74) is 1.16. The molecule has 7 heteroatoms. The molecule has 3 rings (SSSR count). The molecule has 1 aliphatic rings. The molecule has 1 saturated heterocycles. The van der Waals surface area contributed by atoms with Crippen molar-refractivity contribution in [3.8, 4) is 5.75 Å². The lowest BCUT2D eigenvalue weighted by molar-refractivity contribution is -0.142. The van der Waals surface area contributed by atoms with Gasteiger partial charge in [-0.3, -0.25) is 14.4 Å². The first-order valence-corrected chi connectivity index (χ1v) is 9.46. The first kappa shape index (κ1) is 20.5. The van der Waals surface area contributed by atoms with Crippen molar-refractivity contribution < 1.29 is 23.9 Å². The summed E-state index contributed by atoms with van der Waals surface area (Å²) >= 11 is 0. The van der Waals surface area contributed by atoms with Gasteiger partial charge in [0.05, 0.1) is 19.8 Å². The van der Waals surface area contributed by atoms with Gasteiger partial charge in [0.15, 0.2) is 12.4 Å². The zero-order valence-corrected chi connectivity index (χ0v) is 16.4. The lowest BCUT2D eigenvalue weighted by Gasteiger charge is -2.28. The number of morpholine rings is 1. The molecule has 0 aromatic heterocycles. The van der Waals surface area contributed by atoms with E-state index in [1.807, 2.05) is 18.2 Å². The largest absolute Gasteiger partial charge is 0.484 e. The first-order chi connectivity index (χ1) is 14.0. The van der Waals surface area contributed by atoms with Crippen LogP contribution in [0.15, 0.2) is 54.6 Å². The number of benzene rings is 2.